The molecule has 0 saturated heterocycles. The van der Waals surface area contributed by atoms with Gasteiger partial charge in [0.25, 0.3) is 0 Å². The molecule has 0 fully saturated rings. The molecule has 1 aromatic rings. The van der Waals surface area contributed by atoms with Crippen LogP contribution in [0.5, 0.6) is 0 Å². The number of anilines is 1. The van der Waals surface area contributed by atoms with Gasteiger partial charge >= 0.3 is 0 Å². The Kier molecular flexibility index (Phi) is 5.52. The summed E-state index contributed by atoms with van der Waals surface area (Å²) in [5.41, 5.74) is 0.921. The molecule has 0 saturated carbocycles. The highest BCUT2D eigenvalue weighted by Gasteiger charge is 2.07. The SMILES string of the molecule is CCNC(=S)Nc1c(Br)cc(Br)cc1Br. The summed E-state index contributed by atoms with van der Waals surface area (Å²) in [6.07, 6.45) is 0. The van der Waals surface area contributed by atoms with E-state index in [0.717, 1.165) is 25.7 Å². The van der Waals surface area contributed by atoms with E-state index >= 15 is 0 Å². The molecule has 0 aliphatic carbocycles. The van der Waals surface area contributed by atoms with Crippen LogP contribution in [0, 0.1) is 0 Å². The van der Waals surface area contributed by atoms with Crippen molar-refractivity contribution >= 4 is 70.8 Å². The third kappa shape index (κ3) is 4.01. The zero-order valence-corrected chi connectivity index (χ0v) is 13.5. The van der Waals surface area contributed by atoms with E-state index in [0.29, 0.717) is 5.11 Å². The first-order valence-corrected chi connectivity index (χ1v) is 7.02. The van der Waals surface area contributed by atoms with Gasteiger partial charge in [-0.3, -0.25) is 0 Å². The predicted molar refractivity (Wildman–Crippen MR) is 79.4 cm³/mol. The number of benzene rings is 1. The van der Waals surface area contributed by atoms with Gasteiger partial charge in [-0.25, -0.2) is 0 Å². The monoisotopic (exact) mass is 414 g/mol. The average molecular weight is 417 g/mol. The molecule has 0 atom stereocenters. The lowest BCUT2D eigenvalue weighted by Gasteiger charge is -2.12. The first kappa shape index (κ1) is 13.4. The lowest BCUT2D eigenvalue weighted by Crippen LogP contribution is -2.28. The molecule has 1 rings (SSSR count). The van der Waals surface area contributed by atoms with Crippen LogP contribution in [0.4, 0.5) is 5.69 Å². The Bertz CT molecular complexity index is 359. The van der Waals surface area contributed by atoms with Gasteiger partial charge in [0, 0.05) is 20.0 Å². The van der Waals surface area contributed by atoms with Gasteiger partial charge in [-0.1, -0.05) is 15.9 Å². The second-order valence-corrected chi connectivity index (χ2v) is 5.76. The first-order chi connectivity index (χ1) is 7.04. The van der Waals surface area contributed by atoms with Crippen molar-refractivity contribution in [3.8, 4) is 0 Å². The third-order valence-corrected chi connectivity index (χ3v) is 3.54. The van der Waals surface area contributed by atoms with Gasteiger partial charge in [0.05, 0.1) is 5.69 Å². The standard InChI is InChI=1S/C9H9Br3N2S/c1-2-13-9(15)14-8-6(11)3-5(10)4-7(8)12/h3-4H,2H2,1H3,(H2,13,14,15). The molecular weight excluding hydrogens is 408 g/mol. The normalized spacial score (nSPS) is 9.87. The van der Waals surface area contributed by atoms with Crippen LogP contribution in [-0.4, -0.2) is 11.7 Å². The Morgan fingerprint density at radius 1 is 1.27 bits per heavy atom. The van der Waals surface area contributed by atoms with Gasteiger partial charge in [-0.05, 0) is 63.1 Å². The Morgan fingerprint density at radius 3 is 2.27 bits per heavy atom. The quantitative estimate of drug-likeness (QED) is 0.703. The Morgan fingerprint density at radius 2 is 1.80 bits per heavy atom. The molecule has 0 bridgehead atoms. The van der Waals surface area contributed by atoms with Crippen molar-refractivity contribution in [3.05, 3.63) is 25.6 Å². The fourth-order valence-electron chi connectivity index (χ4n) is 0.980. The van der Waals surface area contributed by atoms with E-state index in [2.05, 4.69) is 58.4 Å². The smallest absolute Gasteiger partial charge is 0.170 e. The molecule has 0 unspecified atom stereocenters. The molecule has 2 nitrogen and oxygen atoms in total. The van der Waals surface area contributed by atoms with Crippen molar-refractivity contribution < 1.29 is 0 Å². The van der Waals surface area contributed by atoms with Gasteiger partial charge in [-0.2, -0.15) is 0 Å². The van der Waals surface area contributed by atoms with E-state index in [-0.39, 0.29) is 0 Å². The molecular formula is C9H9Br3N2S. The second kappa shape index (κ2) is 6.18. The van der Waals surface area contributed by atoms with Crippen molar-refractivity contribution in [3.63, 3.8) is 0 Å². The van der Waals surface area contributed by atoms with E-state index < -0.39 is 0 Å². The van der Waals surface area contributed by atoms with Crippen molar-refractivity contribution in [2.75, 3.05) is 11.9 Å². The lowest BCUT2D eigenvalue weighted by molar-refractivity contribution is 0.979. The summed E-state index contributed by atoms with van der Waals surface area (Å²) in [4.78, 5) is 0. The molecule has 82 valence electrons. The van der Waals surface area contributed by atoms with E-state index in [4.69, 9.17) is 12.2 Å². The second-order valence-electron chi connectivity index (χ2n) is 2.73. The lowest BCUT2D eigenvalue weighted by atomic mass is 10.3. The maximum absolute atomic E-state index is 5.11. The Hall–Kier alpha value is 0.350. The maximum Gasteiger partial charge on any atom is 0.170 e. The molecule has 0 amide bonds. The third-order valence-electron chi connectivity index (χ3n) is 1.58. The molecule has 0 radical (unpaired) electrons. The van der Waals surface area contributed by atoms with Crippen LogP contribution in [-0.2, 0) is 0 Å². The molecule has 1 aromatic carbocycles. The van der Waals surface area contributed by atoms with Gasteiger partial charge in [-0.15, -0.1) is 0 Å². The molecule has 2 N–H and O–H groups in total. The highest BCUT2D eigenvalue weighted by atomic mass is 79.9. The largest absolute Gasteiger partial charge is 0.363 e. The zero-order valence-electron chi connectivity index (χ0n) is 7.90. The summed E-state index contributed by atoms with van der Waals surface area (Å²) >= 11 is 15.5. The number of thiocarbonyl (C=S) groups is 1. The summed E-state index contributed by atoms with van der Waals surface area (Å²) in [6.45, 7) is 2.80. The fourth-order valence-corrected chi connectivity index (χ4v) is 3.68. The summed E-state index contributed by atoms with van der Waals surface area (Å²) in [6, 6.07) is 3.92. The number of hydrogen-bond acceptors (Lipinski definition) is 1. The van der Waals surface area contributed by atoms with E-state index in [1.807, 2.05) is 19.1 Å². The van der Waals surface area contributed by atoms with E-state index in [1.165, 1.54) is 0 Å². The molecule has 0 spiro atoms. The number of nitrogens with one attached hydrogen (secondary N) is 2. The maximum atomic E-state index is 5.11. The highest BCUT2D eigenvalue weighted by Crippen LogP contribution is 2.34. The Labute approximate surface area is 120 Å². The fraction of sp³-hybridized carbons (Fsp3) is 0.222. The summed E-state index contributed by atoms with van der Waals surface area (Å²) < 4.78 is 2.90. The van der Waals surface area contributed by atoms with Gasteiger partial charge in [0.1, 0.15) is 0 Å². The molecule has 6 heteroatoms. The number of rotatable bonds is 2. The topological polar surface area (TPSA) is 24.1 Å². The van der Waals surface area contributed by atoms with E-state index in [1.54, 1.807) is 0 Å². The van der Waals surface area contributed by atoms with Crippen LogP contribution in [0.1, 0.15) is 6.92 Å². The van der Waals surface area contributed by atoms with Crippen LogP contribution in [0.3, 0.4) is 0 Å². The molecule has 15 heavy (non-hydrogen) atoms. The van der Waals surface area contributed by atoms with Gasteiger partial charge in [0.2, 0.25) is 0 Å². The average Bonchev–Trinajstić information content (AvgIpc) is 2.11. The van der Waals surface area contributed by atoms with Crippen LogP contribution in [0.2, 0.25) is 0 Å². The molecule has 0 aliphatic heterocycles. The minimum Gasteiger partial charge on any atom is -0.363 e. The van der Waals surface area contributed by atoms with Crippen molar-refractivity contribution in [2.24, 2.45) is 0 Å². The Balaban J connectivity index is 2.90. The van der Waals surface area contributed by atoms with Crippen LogP contribution in [0.25, 0.3) is 0 Å². The van der Waals surface area contributed by atoms with Gasteiger partial charge in [0.15, 0.2) is 5.11 Å². The predicted octanol–water partition coefficient (Wildman–Crippen LogP) is 4.28. The highest BCUT2D eigenvalue weighted by molar-refractivity contribution is 9.11. The molecule has 0 aromatic heterocycles. The molecule has 0 heterocycles. The molecule has 0 aliphatic rings. The summed E-state index contributed by atoms with van der Waals surface area (Å²) in [7, 11) is 0. The van der Waals surface area contributed by atoms with Crippen LogP contribution < -0.4 is 10.6 Å². The van der Waals surface area contributed by atoms with Gasteiger partial charge < -0.3 is 10.6 Å². The van der Waals surface area contributed by atoms with Crippen molar-refractivity contribution in [1.29, 1.82) is 0 Å². The van der Waals surface area contributed by atoms with Crippen LogP contribution in [0.15, 0.2) is 25.6 Å². The summed E-state index contributed by atoms with van der Waals surface area (Å²) in [5, 5.41) is 6.75. The van der Waals surface area contributed by atoms with Crippen LogP contribution >= 0.6 is 60.0 Å². The van der Waals surface area contributed by atoms with Crippen molar-refractivity contribution in [1.82, 2.24) is 5.32 Å². The number of hydrogen-bond donors (Lipinski definition) is 2. The number of halogens is 3. The van der Waals surface area contributed by atoms with Crippen molar-refractivity contribution in [2.45, 2.75) is 6.92 Å². The zero-order chi connectivity index (χ0) is 11.4. The first-order valence-electron chi connectivity index (χ1n) is 4.24. The minimum absolute atomic E-state index is 0.612. The minimum atomic E-state index is 0.612. The summed E-state index contributed by atoms with van der Waals surface area (Å²) in [5.74, 6) is 0. The van der Waals surface area contributed by atoms with E-state index in [9.17, 15) is 0 Å².